The van der Waals surface area contributed by atoms with Gasteiger partial charge in [0.1, 0.15) is 0 Å². The predicted molar refractivity (Wildman–Crippen MR) is 93.5 cm³/mol. The molecule has 0 bridgehead atoms. The highest BCUT2D eigenvalue weighted by Crippen LogP contribution is 2.30. The molecule has 2 amide bonds. The number of carbonyl (C=O) groups is 2. The monoisotopic (exact) mass is 318 g/mol. The number of hydrogen-bond donors (Lipinski definition) is 2. The Morgan fingerprint density at radius 3 is 2.96 bits per heavy atom. The van der Waals surface area contributed by atoms with Gasteiger partial charge in [-0.15, -0.1) is 0 Å². The number of rotatable bonds is 3. The number of aryl methyl sites for hydroxylation is 1. The molecule has 2 aliphatic rings. The van der Waals surface area contributed by atoms with E-state index in [-0.39, 0.29) is 17.9 Å². The van der Waals surface area contributed by atoms with Crippen LogP contribution >= 0.6 is 0 Å². The van der Waals surface area contributed by atoms with Crippen molar-refractivity contribution in [2.24, 2.45) is 0 Å². The van der Waals surface area contributed by atoms with Crippen LogP contribution in [0.4, 0.5) is 5.69 Å². The second kappa shape index (κ2) is 5.96. The molecule has 2 N–H and O–H groups in total. The molecule has 1 heterocycles. The van der Waals surface area contributed by atoms with Crippen molar-refractivity contribution in [3.05, 3.63) is 70.8 Å². The standard InChI is InChI=1S/C20H18N2O2/c23-19(21-17-9-8-14-3-1-2-4-16(14)17)10-6-13-5-7-15-12-20(24)22-18(15)11-13/h1-7,10-11,17H,8-9,12H2,(H,21,23)(H,22,24)/b10-6+. The van der Waals surface area contributed by atoms with E-state index in [9.17, 15) is 9.59 Å². The molecule has 4 rings (SSSR count). The van der Waals surface area contributed by atoms with Crippen molar-refractivity contribution in [2.45, 2.75) is 25.3 Å². The summed E-state index contributed by atoms with van der Waals surface area (Å²) in [6, 6.07) is 14.1. The van der Waals surface area contributed by atoms with Crippen LogP contribution in [0, 0.1) is 0 Å². The van der Waals surface area contributed by atoms with Gasteiger partial charge in [-0.25, -0.2) is 0 Å². The normalized spacial score (nSPS) is 18.3. The van der Waals surface area contributed by atoms with Crippen LogP contribution in [-0.2, 0) is 22.4 Å². The Morgan fingerprint density at radius 1 is 1.17 bits per heavy atom. The Bertz CT molecular complexity index is 854. The second-order valence-corrected chi connectivity index (χ2v) is 6.27. The van der Waals surface area contributed by atoms with E-state index in [4.69, 9.17) is 0 Å². The van der Waals surface area contributed by atoms with Gasteiger partial charge in [0.15, 0.2) is 0 Å². The largest absolute Gasteiger partial charge is 0.346 e. The lowest BCUT2D eigenvalue weighted by Crippen LogP contribution is -2.25. The van der Waals surface area contributed by atoms with Gasteiger partial charge in [-0.2, -0.15) is 0 Å². The van der Waals surface area contributed by atoms with Gasteiger partial charge in [0, 0.05) is 11.8 Å². The lowest BCUT2D eigenvalue weighted by molar-refractivity contribution is -0.117. The molecule has 4 nitrogen and oxygen atoms in total. The molecule has 24 heavy (non-hydrogen) atoms. The smallest absolute Gasteiger partial charge is 0.244 e. The predicted octanol–water partition coefficient (Wildman–Crippen LogP) is 3.00. The van der Waals surface area contributed by atoms with E-state index in [1.54, 1.807) is 12.2 Å². The first-order chi connectivity index (χ1) is 11.7. The maximum Gasteiger partial charge on any atom is 0.244 e. The molecule has 120 valence electrons. The fourth-order valence-electron chi connectivity index (χ4n) is 3.43. The molecule has 1 aliphatic carbocycles. The molecule has 2 aromatic carbocycles. The number of fused-ring (bicyclic) bond motifs is 2. The van der Waals surface area contributed by atoms with Gasteiger partial charge < -0.3 is 10.6 Å². The lowest BCUT2D eigenvalue weighted by atomic mass is 10.1. The molecule has 1 atom stereocenters. The maximum absolute atomic E-state index is 12.2. The highest BCUT2D eigenvalue weighted by Gasteiger charge is 2.22. The van der Waals surface area contributed by atoms with E-state index in [1.807, 2.05) is 30.3 Å². The molecular formula is C20H18N2O2. The molecule has 4 heteroatoms. The van der Waals surface area contributed by atoms with Crippen LogP contribution in [0.25, 0.3) is 6.08 Å². The Labute approximate surface area is 140 Å². The topological polar surface area (TPSA) is 58.2 Å². The highest BCUT2D eigenvalue weighted by molar-refractivity contribution is 5.99. The number of carbonyl (C=O) groups excluding carboxylic acids is 2. The number of hydrogen-bond acceptors (Lipinski definition) is 2. The molecular weight excluding hydrogens is 300 g/mol. The first kappa shape index (κ1) is 14.7. The minimum atomic E-state index is -0.0961. The fraction of sp³-hybridized carbons (Fsp3) is 0.200. The van der Waals surface area contributed by atoms with Crippen molar-refractivity contribution in [2.75, 3.05) is 5.32 Å². The summed E-state index contributed by atoms with van der Waals surface area (Å²) in [6.45, 7) is 0. The van der Waals surface area contributed by atoms with E-state index in [0.29, 0.717) is 6.42 Å². The zero-order valence-electron chi connectivity index (χ0n) is 13.2. The van der Waals surface area contributed by atoms with E-state index in [1.165, 1.54) is 11.1 Å². The molecule has 0 radical (unpaired) electrons. The Balaban J connectivity index is 1.43. The van der Waals surface area contributed by atoms with Crippen molar-refractivity contribution in [3.63, 3.8) is 0 Å². The summed E-state index contributed by atoms with van der Waals surface area (Å²) in [6.07, 6.45) is 5.72. The molecule has 0 saturated carbocycles. The third kappa shape index (κ3) is 2.83. The Kier molecular flexibility index (Phi) is 3.65. The molecule has 0 fully saturated rings. The first-order valence-corrected chi connectivity index (χ1v) is 8.18. The average Bonchev–Trinajstić information content (AvgIpc) is 3.15. The molecule has 0 spiro atoms. The zero-order valence-corrected chi connectivity index (χ0v) is 13.2. The molecule has 0 saturated heterocycles. The van der Waals surface area contributed by atoms with Crippen molar-refractivity contribution >= 4 is 23.6 Å². The summed E-state index contributed by atoms with van der Waals surface area (Å²) in [7, 11) is 0. The van der Waals surface area contributed by atoms with Crippen LogP contribution in [-0.4, -0.2) is 11.8 Å². The SMILES string of the molecule is O=C(/C=C/c1ccc2c(c1)NC(=O)C2)NC1CCc2ccccc21. The quantitative estimate of drug-likeness (QED) is 0.855. The van der Waals surface area contributed by atoms with Crippen molar-refractivity contribution in [3.8, 4) is 0 Å². The zero-order chi connectivity index (χ0) is 16.5. The highest BCUT2D eigenvalue weighted by atomic mass is 16.2. The van der Waals surface area contributed by atoms with E-state index in [2.05, 4.69) is 22.8 Å². The number of nitrogens with one attached hydrogen (secondary N) is 2. The molecule has 1 aliphatic heterocycles. The van der Waals surface area contributed by atoms with Gasteiger partial charge >= 0.3 is 0 Å². The van der Waals surface area contributed by atoms with Crippen molar-refractivity contribution in [1.82, 2.24) is 5.32 Å². The second-order valence-electron chi connectivity index (χ2n) is 6.27. The van der Waals surface area contributed by atoms with E-state index in [0.717, 1.165) is 29.7 Å². The Morgan fingerprint density at radius 2 is 2.04 bits per heavy atom. The molecule has 0 aromatic heterocycles. The summed E-state index contributed by atoms with van der Waals surface area (Å²) < 4.78 is 0. The lowest BCUT2D eigenvalue weighted by Gasteiger charge is -2.12. The van der Waals surface area contributed by atoms with Crippen molar-refractivity contribution < 1.29 is 9.59 Å². The third-order valence-corrected chi connectivity index (χ3v) is 4.64. The summed E-state index contributed by atoms with van der Waals surface area (Å²) >= 11 is 0. The van der Waals surface area contributed by atoms with Gasteiger partial charge in [0.2, 0.25) is 11.8 Å². The van der Waals surface area contributed by atoms with Gasteiger partial charge in [0.25, 0.3) is 0 Å². The average molecular weight is 318 g/mol. The maximum atomic E-state index is 12.2. The molecule has 1 unspecified atom stereocenters. The van der Waals surface area contributed by atoms with Gasteiger partial charge in [-0.1, -0.05) is 36.4 Å². The van der Waals surface area contributed by atoms with Crippen LogP contribution < -0.4 is 10.6 Å². The summed E-state index contributed by atoms with van der Waals surface area (Å²) in [4.78, 5) is 23.6. The third-order valence-electron chi connectivity index (χ3n) is 4.64. The van der Waals surface area contributed by atoms with Crippen LogP contribution in [0.2, 0.25) is 0 Å². The van der Waals surface area contributed by atoms with Crippen LogP contribution in [0.5, 0.6) is 0 Å². The Hall–Kier alpha value is -2.88. The number of anilines is 1. The summed E-state index contributed by atoms with van der Waals surface area (Å²) in [5, 5.41) is 5.89. The van der Waals surface area contributed by atoms with Gasteiger partial charge in [0.05, 0.1) is 12.5 Å². The fourth-order valence-corrected chi connectivity index (χ4v) is 3.43. The van der Waals surface area contributed by atoms with Crippen molar-refractivity contribution in [1.29, 1.82) is 0 Å². The van der Waals surface area contributed by atoms with Gasteiger partial charge in [-0.05, 0) is 47.2 Å². The van der Waals surface area contributed by atoms with Crippen LogP contribution in [0.15, 0.2) is 48.5 Å². The number of benzene rings is 2. The van der Waals surface area contributed by atoms with Gasteiger partial charge in [-0.3, -0.25) is 9.59 Å². The first-order valence-electron chi connectivity index (χ1n) is 8.18. The summed E-state index contributed by atoms with van der Waals surface area (Å²) in [5.41, 5.74) is 5.29. The minimum absolute atomic E-state index is 0.0174. The summed E-state index contributed by atoms with van der Waals surface area (Å²) in [5.74, 6) is -0.0787. The molecule has 2 aromatic rings. The van der Waals surface area contributed by atoms with Crippen LogP contribution in [0.3, 0.4) is 0 Å². The van der Waals surface area contributed by atoms with E-state index < -0.39 is 0 Å². The van der Waals surface area contributed by atoms with Crippen LogP contribution in [0.1, 0.15) is 34.7 Å². The number of amides is 2. The minimum Gasteiger partial charge on any atom is -0.346 e. The van der Waals surface area contributed by atoms with E-state index >= 15 is 0 Å².